The smallest absolute Gasteiger partial charge is 0.0790 e. The van der Waals surface area contributed by atoms with Crippen LogP contribution in [0, 0.1) is 5.92 Å². The molecule has 0 amide bonds. The molecule has 0 spiro atoms. The minimum absolute atomic E-state index is 0.294. The van der Waals surface area contributed by atoms with Crippen molar-refractivity contribution >= 4 is 0 Å². The number of hydrogen-bond donors (Lipinski definition) is 1. The highest BCUT2D eigenvalue weighted by molar-refractivity contribution is 5.23. The summed E-state index contributed by atoms with van der Waals surface area (Å²) in [4.78, 5) is 0. The van der Waals surface area contributed by atoms with Gasteiger partial charge < -0.3 is 9.84 Å². The molecule has 1 aliphatic rings. The molecule has 1 atom stereocenters. The van der Waals surface area contributed by atoms with Crippen molar-refractivity contribution in [2.75, 3.05) is 7.11 Å². The van der Waals surface area contributed by atoms with Crippen molar-refractivity contribution in [3.8, 4) is 0 Å². The van der Waals surface area contributed by atoms with Crippen molar-refractivity contribution < 1.29 is 9.84 Å². The fourth-order valence-electron chi connectivity index (χ4n) is 1.97. The predicted octanol–water partition coefficient (Wildman–Crippen LogP) is 3.06. The fourth-order valence-corrected chi connectivity index (χ4v) is 1.97. The monoisotopic (exact) mass is 220 g/mol. The molecule has 1 aromatic rings. The van der Waals surface area contributed by atoms with Gasteiger partial charge in [-0.2, -0.15) is 0 Å². The highest BCUT2D eigenvalue weighted by atomic mass is 16.5. The van der Waals surface area contributed by atoms with Gasteiger partial charge in [0.15, 0.2) is 0 Å². The van der Waals surface area contributed by atoms with E-state index in [1.807, 2.05) is 24.3 Å². The van der Waals surface area contributed by atoms with Gasteiger partial charge in [0.05, 0.1) is 12.7 Å². The molecule has 0 aromatic heterocycles. The van der Waals surface area contributed by atoms with Crippen molar-refractivity contribution in [1.29, 1.82) is 0 Å². The molecule has 0 radical (unpaired) electrons. The molecule has 2 nitrogen and oxygen atoms in total. The summed E-state index contributed by atoms with van der Waals surface area (Å²) in [6.07, 6.45) is 4.49. The first kappa shape index (κ1) is 11.6. The van der Waals surface area contributed by atoms with E-state index in [1.165, 1.54) is 19.3 Å². The van der Waals surface area contributed by atoms with E-state index in [9.17, 15) is 5.11 Å². The van der Waals surface area contributed by atoms with Crippen LogP contribution in [0.5, 0.6) is 0 Å². The first-order valence-electron chi connectivity index (χ1n) is 6.05. The van der Waals surface area contributed by atoms with Crippen LogP contribution in [-0.4, -0.2) is 12.2 Å². The van der Waals surface area contributed by atoms with Crippen LogP contribution in [0.2, 0.25) is 0 Å². The lowest BCUT2D eigenvalue weighted by Crippen LogP contribution is -1.98. The number of benzene rings is 1. The van der Waals surface area contributed by atoms with E-state index in [-0.39, 0.29) is 6.10 Å². The Morgan fingerprint density at radius 3 is 2.56 bits per heavy atom. The maximum atomic E-state index is 9.99. The second-order valence-electron chi connectivity index (χ2n) is 4.71. The maximum absolute atomic E-state index is 9.99. The SMILES string of the molecule is COCc1ccc(C(O)CCC2CC2)cc1. The van der Waals surface area contributed by atoms with Gasteiger partial charge in [0.25, 0.3) is 0 Å². The van der Waals surface area contributed by atoms with Crippen LogP contribution in [0.25, 0.3) is 0 Å². The lowest BCUT2D eigenvalue weighted by molar-refractivity contribution is 0.162. The molecule has 0 heterocycles. The zero-order valence-corrected chi connectivity index (χ0v) is 9.86. The average Bonchev–Trinajstić information content (AvgIpc) is 3.11. The molecular formula is C14H20O2. The molecule has 0 bridgehead atoms. The summed E-state index contributed by atoms with van der Waals surface area (Å²) in [6.45, 7) is 0.637. The van der Waals surface area contributed by atoms with E-state index in [2.05, 4.69) is 0 Å². The van der Waals surface area contributed by atoms with Gasteiger partial charge in [-0.1, -0.05) is 37.1 Å². The molecule has 0 saturated heterocycles. The molecule has 1 saturated carbocycles. The lowest BCUT2D eigenvalue weighted by atomic mass is 10.0. The Labute approximate surface area is 97.3 Å². The standard InChI is InChI=1S/C14H20O2/c1-16-10-12-4-7-13(8-5-12)14(15)9-6-11-2-3-11/h4-5,7-8,11,14-15H,2-3,6,9-10H2,1H3. The van der Waals surface area contributed by atoms with Gasteiger partial charge in [-0.15, -0.1) is 0 Å². The highest BCUT2D eigenvalue weighted by Crippen LogP contribution is 2.35. The molecule has 2 heteroatoms. The summed E-state index contributed by atoms with van der Waals surface area (Å²) < 4.78 is 5.05. The molecule has 2 rings (SSSR count). The van der Waals surface area contributed by atoms with Crippen LogP contribution in [0.15, 0.2) is 24.3 Å². The molecule has 1 N–H and O–H groups in total. The van der Waals surface area contributed by atoms with Gasteiger partial charge in [0, 0.05) is 7.11 Å². The third-order valence-corrected chi connectivity index (χ3v) is 3.22. The Morgan fingerprint density at radius 2 is 2.00 bits per heavy atom. The summed E-state index contributed by atoms with van der Waals surface area (Å²) in [7, 11) is 1.69. The molecule has 1 unspecified atom stereocenters. The van der Waals surface area contributed by atoms with Crippen molar-refractivity contribution in [1.82, 2.24) is 0 Å². The lowest BCUT2D eigenvalue weighted by Gasteiger charge is -2.11. The van der Waals surface area contributed by atoms with Crippen LogP contribution in [0.3, 0.4) is 0 Å². The van der Waals surface area contributed by atoms with Crippen molar-refractivity contribution in [2.45, 2.75) is 38.4 Å². The Bertz CT molecular complexity index is 314. The average molecular weight is 220 g/mol. The largest absolute Gasteiger partial charge is 0.388 e. The summed E-state index contributed by atoms with van der Waals surface area (Å²) in [6, 6.07) is 8.07. The topological polar surface area (TPSA) is 29.5 Å². The van der Waals surface area contributed by atoms with Crippen molar-refractivity contribution in [3.05, 3.63) is 35.4 Å². The van der Waals surface area contributed by atoms with Gasteiger partial charge in [-0.25, -0.2) is 0 Å². The van der Waals surface area contributed by atoms with Crippen LogP contribution >= 0.6 is 0 Å². The zero-order valence-electron chi connectivity index (χ0n) is 9.86. The van der Waals surface area contributed by atoms with Gasteiger partial charge in [0.1, 0.15) is 0 Å². The number of rotatable bonds is 6. The van der Waals surface area contributed by atoms with Crippen molar-refractivity contribution in [2.24, 2.45) is 5.92 Å². The summed E-state index contributed by atoms with van der Waals surface area (Å²) in [5.41, 5.74) is 2.18. The minimum Gasteiger partial charge on any atom is -0.388 e. The second kappa shape index (κ2) is 5.46. The van der Waals surface area contributed by atoms with E-state index >= 15 is 0 Å². The van der Waals surface area contributed by atoms with Gasteiger partial charge in [-0.3, -0.25) is 0 Å². The van der Waals surface area contributed by atoms with Crippen molar-refractivity contribution in [3.63, 3.8) is 0 Å². The Balaban J connectivity index is 1.86. The molecule has 88 valence electrons. The van der Waals surface area contributed by atoms with Crippen LogP contribution in [0.1, 0.15) is 42.9 Å². The number of methoxy groups -OCH3 is 1. The first-order chi connectivity index (χ1) is 7.79. The van der Waals surface area contributed by atoms with Gasteiger partial charge >= 0.3 is 0 Å². The van der Waals surface area contributed by atoms with Crippen LogP contribution in [-0.2, 0) is 11.3 Å². The molecule has 1 fully saturated rings. The summed E-state index contributed by atoms with van der Waals surface area (Å²) in [5.74, 6) is 0.891. The second-order valence-corrected chi connectivity index (χ2v) is 4.71. The normalized spacial score (nSPS) is 17.4. The fraction of sp³-hybridized carbons (Fsp3) is 0.571. The Hall–Kier alpha value is -0.860. The highest BCUT2D eigenvalue weighted by Gasteiger charge is 2.22. The third-order valence-electron chi connectivity index (χ3n) is 3.22. The van der Waals surface area contributed by atoms with E-state index in [1.54, 1.807) is 7.11 Å². The van der Waals surface area contributed by atoms with Crippen LogP contribution < -0.4 is 0 Å². The molecule has 1 aromatic carbocycles. The summed E-state index contributed by atoms with van der Waals surface area (Å²) in [5, 5.41) is 9.99. The molecule has 1 aliphatic carbocycles. The number of hydrogen-bond acceptors (Lipinski definition) is 2. The molecule has 0 aliphatic heterocycles. The predicted molar refractivity (Wildman–Crippen MR) is 64.1 cm³/mol. The number of ether oxygens (including phenoxy) is 1. The zero-order chi connectivity index (χ0) is 11.4. The Kier molecular flexibility index (Phi) is 3.97. The van der Waals surface area contributed by atoms with Crippen LogP contribution in [0.4, 0.5) is 0 Å². The molecular weight excluding hydrogens is 200 g/mol. The van der Waals surface area contributed by atoms with E-state index in [0.29, 0.717) is 6.61 Å². The Morgan fingerprint density at radius 1 is 1.31 bits per heavy atom. The number of aliphatic hydroxyl groups is 1. The number of aliphatic hydroxyl groups excluding tert-OH is 1. The first-order valence-corrected chi connectivity index (χ1v) is 6.05. The third kappa shape index (κ3) is 3.32. The van der Waals surface area contributed by atoms with E-state index < -0.39 is 0 Å². The quantitative estimate of drug-likeness (QED) is 0.798. The molecule has 16 heavy (non-hydrogen) atoms. The van der Waals surface area contributed by atoms with Gasteiger partial charge in [-0.05, 0) is 29.9 Å². The minimum atomic E-state index is -0.294. The van der Waals surface area contributed by atoms with Gasteiger partial charge in [0.2, 0.25) is 0 Å². The summed E-state index contributed by atoms with van der Waals surface area (Å²) >= 11 is 0. The maximum Gasteiger partial charge on any atom is 0.0790 e. The van der Waals surface area contributed by atoms with E-state index in [4.69, 9.17) is 4.74 Å². The van der Waals surface area contributed by atoms with E-state index in [0.717, 1.165) is 23.5 Å².